The highest BCUT2D eigenvalue weighted by Crippen LogP contribution is 2.33. The van der Waals surface area contributed by atoms with Crippen molar-refractivity contribution in [3.8, 4) is 0 Å². The number of carbonyl (C=O) groups is 2. The van der Waals surface area contributed by atoms with Crippen LogP contribution in [0.5, 0.6) is 0 Å². The smallest absolute Gasteiger partial charge is 0.326 e. The molecule has 0 bridgehead atoms. The lowest BCUT2D eigenvalue weighted by molar-refractivity contribution is -0.139. The van der Waals surface area contributed by atoms with Crippen LogP contribution in [0, 0.1) is 5.92 Å². The highest BCUT2D eigenvalue weighted by Gasteiger charge is 2.32. The Labute approximate surface area is 111 Å². The molecule has 1 aliphatic carbocycles. The highest BCUT2D eigenvalue weighted by atomic mass is 32.2. The van der Waals surface area contributed by atoms with Gasteiger partial charge in [-0.25, -0.2) is 9.59 Å². The van der Waals surface area contributed by atoms with E-state index in [2.05, 4.69) is 5.32 Å². The van der Waals surface area contributed by atoms with Crippen LogP contribution in [-0.4, -0.2) is 52.1 Å². The van der Waals surface area contributed by atoms with Crippen molar-refractivity contribution in [3.63, 3.8) is 0 Å². The van der Waals surface area contributed by atoms with Gasteiger partial charge in [0.05, 0.1) is 0 Å². The van der Waals surface area contributed by atoms with Crippen LogP contribution >= 0.6 is 11.8 Å². The Balaban J connectivity index is 1.88. The van der Waals surface area contributed by atoms with Crippen molar-refractivity contribution in [2.24, 2.45) is 5.92 Å². The quantitative estimate of drug-likeness (QED) is 0.811. The fraction of sp³-hybridized carbons (Fsp3) is 0.833. The van der Waals surface area contributed by atoms with E-state index in [1.807, 2.05) is 18.7 Å². The second-order valence-corrected chi connectivity index (χ2v) is 6.29. The lowest BCUT2D eigenvalue weighted by Gasteiger charge is -2.33. The average molecular weight is 272 g/mol. The van der Waals surface area contributed by atoms with Crippen molar-refractivity contribution < 1.29 is 14.7 Å². The van der Waals surface area contributed by atoms with E-state index < -0.39 is 12.0 Å². The predicted octanol–water partition coefficient (Wildman–Crippen LogP) is 1.39. The molecule has 2 amide bonds. The lowest BCUT2D eigenvalue weighted by Crippen LogP contribution is -2.53. The van der Waals surface area contributed by atoms with Crippen LogP contribution in [0.3, 0.4) is 0 Å². The number of rotatable bonds is 4. The Morgan fingerprint density at radius 1 is 1.50 bits per heavy atom. The standard InChI is InChI=1S/C12H20N2O3S/c1-8-7-18-5-4-14(8)12(17)13-10(11(15)16)6-9-2-3-9/h8-10H,2-7H2,1H3,(H,13,17)(H,15,16). The van der Waals surface area contributed by atoms with Crippen molar-refractivity contribution in [2.75, 3.05) is 18.1 Å². The number of thioether (sulfide) groups is 1. The van der Waals surface area contributed by atoms with Crippen LogP contribution in [-0.2, 0) is 4.79 Å². The lowest BCUT2D eigenvalue weighted by atomic mass is 10.1. The number of aliphatic carboxylic acids is 1. The van der Waals surface area contributed by atoms with Crippen molar-refractivity contribution in [1.29, 1.82) is 0 Å². The SMILES string of the molecule is CC1CSCCN1C(=O)NC(CC1CC1)C(=O)O. The number of carbonyl (C=O) groups excluding carboxylic acids is 1. The molecule has 2 unspecified atom stereocenters. The summed E-state index contributed by atoms with van der Waals surface area (Å²) in [5.41, 5.74) is 0. The third-order valence-electron chi connectivity index (χ3n) is 3.49. The summed E-state index contributed by atoms with van der Waals surface area (Å²) < 4.78 is 0. The molecule has 1 saturated carbocycles. The Kier molecular flexibility index (Phi) is 4.37. The number of carboxylic acid groups (broad SMARTS) is 1. The molecule has 6 heteroatoms. The van der Waals surface area contributed by atoms with Gasteiger partial charge < -0.3 is 15.3 Å². The molecule has 2 atom stereocenters. The number of hydrogen-bond donors (Lipinski definition) is 2. The molecule has 2 rings (SSSR count). The van der Waals surface area contributed by atoms with E-state index >= 15 is 0 Å². The average Bonchev–Trinajstić information content (AvgIpc) is 3.12. The number of hydrogen-bond acceptors (Lipinski definition) is 3. The van der Waals surface area contributed by atoms with Crippen molar-refractivity contribution in [2.45, 2.75) is 38.3 Å². The van der Waals surface area contributed by atoms with Crippen LogP contribution in [0.25, 0.3) is 0 Å². The van der Waals surface area contributed by atoms with E-state index in [0.29, 0.717) is 18.9 Å². The third-order valence-corrected chi connectivity index (χ3v) is 4.68. The van der Waals surface area contributed by atoms with Crippen LogP contribution in [0.2, 0.25) is 0 Å². The summed E-state index contributed by atoms with van der Waals surface area (Å²) in [6.07, 6.45) is 2.75. The van der Waals surface area contributed by atoms with Crippen molar-refractivity contribution in [1.82, 2.24) is 10.2 Å². The van der Waals surface area contributed by atoms with Crippen LogP contribution in [0.1, 0.15) is 26.2 Å². The Bertz CT molecular complexity index is 333. The van der Waals surface area contributed by atoms with Crippen molar-refractivity contribution in [3.05, 3.63) is 0 Å². The van der Waals surface area contributed by atoms with Gasteiger partial charge in [0.2, 0.25) is 0 Å². The first kappa shape index (κ1) is 13.5. The Morgan fingerprint density at radius 3 is 2.78 bits per heavy atom. The number of nitrogens with zero attached hydrogens (tertiary/aromatic N) is 1. The Hall–Kier alpha value is -0.910. The molecule has 18 heavy (non-hydrogen) atoms. The zero-order chi connectivity index (χ0) is 13.1. The van der Waals surface area contributed by atoms with Crippen LogP contribution in [0.15, 0.2) is 0 Å². The minimum atomic E-state index is -0.922. The first-order valence-corrected chi connectivity index (χ1v) is 7.61. The third kappa shape index (κ3) is 3.54. The molecule has 1 aliphatic heterocycles. The summed E-state index contributed by atoms with van der Waals surface area (Å²) in [4.78, 5) is 24.9. The highest BCUT2D eigenvalue weighted by molar-refractivity contribution is 7.99. The van der Waals surface area contributed by atoms with Crippen molar-refractivity contribution >= 4 is 23.8 Å². The molecule has 2 fully saturated rings. The molecule has 0 aromatic carbocycles. The zero-order valence-electron chi connectivity index (χ0n) is 10.6. The number of carboxylic acids is 1. The van der Waals surface area contributed by atoms with Crippen LogP contribution in [0.4, 0.5) is 4.79 Å². The minimum absolute atomic E-state index is 0.180. The summed E-state index contributed by atoms with van der Waals surface area (Å²) in [6.45, 7) is 2.70. The fourth-order valence-electron chi connectivity index (χ4n) is 2.17. The molecule has 0 aromatic heterocycles. The van der Waals surface area contributed by atoms with E-state index in [4.69, 9.17) is 5.11 Å². The van der Waals surface area contributed by atoms with E-state index in [1.54, 1.807) is 4.90 Å². The largest absolute Gasteiger partial charge is 0.480 e. The monoisotopic (exact) mass is 272 g/mol. The summed E-state index contributed by atoms with van der Waals surface area (Å²) >= 11 is 1.83. The van der Waals surface area contributed by atoms with Gasteiger partial charge in [-0.3, -0.25) is 0 Å². The maximum Gasteiger partial charge on any atom is 0.326 e. The summed E-state index contributed by atoms with van der Waals surface area (Å²) in [5, 5.41) is 11.8. The molecule has 0 spiro atoms. The molecule has 102 valence electrons. The van der Waals surface area contributed by atoms with E-state index in [0.717, 1.165) is 24.3 Å². The number of urea groups is 1. The fourth-order valence-corrected chi connectivity index (χ4v) is 3.18. The topological polar surface area (TPSA) is 69.6 Å². The number of amides is 2. The van der Waals surface area contributed by atoms with Gasteiger partial charge in [0.25, 0.3) is 0 Å². The van der Waals surface area contributed by atoms with Gasteiger partial charge in [-0.2, -0.15) is 11.8 Å². The minimum Gasteiger partial charge on any atom is -0.480 e. The Morgan fingerprint density at radius 2 is 2.22 bits per heavy atom. The molecule has 5 nitrogen and oxygen atoms in total. The van der Waals surface area contributed by atoms with Gasteiger partial charge in [-0.05, 0) is 19.3 Å². The van der Waals surface area contributed by atoms with E-state index in [-0.39, 0.29) is 12.1 Å². The second kappa shape index (κ2) is 5.82. The summed E-state index contributed by atoms with van der Waals surface area (Å²) in [5.74, 6) is 1.42. The molecule has 1 heterocycles. The van der Waals surface area contributed by atoms with Gasteiger partial charge >= 0.3 is 12.0 Å². The van der Waals surface area contributed by atoms with Gasteiger partial charge in [0.15, 0.2) is 0 Å². The van der Waals surface area contributed by atoms with Gasteiger partial charge in [0, 0.05) is 24.1 Å². The molecule has 0 radical (unpaired) electrons. The molecular weight excluding hydrogens is 252 g/mol. The molecule has 2 N–H and O–H groups in total. The van der Waals surface area contributed by atoms with E-state index in [1.165, 1.54) is 0 Å². The first-order chi connectivity index (χ1) is 8.58. The maximum absolute atomic E-state index is 12.1. The zero-order valence-corrected chi connectivity index (χ0v) is 11.4. The van der Waals surface area contributed by atoms with E-state index in [9.17, 15) is 9.59 Å². The molecule has 2 aliphatic rings. The normalized spacial score (nSPS) is 25.6. The second-order valence-electron chi connectivity index (χ2n) is 5.14. The maximum atomic E-state index is 12.1. The van der Waals surface area contributed by atoms with Crippen LogP contribution < -0.4 is 5.32 Å². The van der Waals surface area contributed by atoms with Gasteiger partial charge in [-0.15, -0.1) is 0 Å². The molecular formula is C12H20N2O3S. The summed E-state index contributed by atoms with van der Waals surface area (Å²) in [6, 6.07) is -0.776. The molecule has 1 saturated heterocycles. The van der Waals surface area contributed by atoms with Gasteiger partial charge in [0.1, 0.15) is 6.04 Å². The number of nitrogens with one attached hydrogen (secondary N) is 1. The van der Waals surface area contributed by atoms with Gasteiger partial charge in [-0.1, -0.05) is 12.8 Å². The first-order valence-electron chi connectivity index (χ1n) is 6.45. The predicted molar refractivity (Wildman–Crippen MR) is 70.8 cm³/mol. The summed E-state index contributed by atoms with van der Waals surface area (Å²) in [7, 11) is 0. The molecule has 0 aromatic rings.